The molecular formula is C19H25N3O4. The van der Waals surface area contributed by atoms with Crippen molar-refractivity contribution in [1.82, 2.24) is 15.1 Å². The third-order valence-electron chi connectivity index (χ3n) is 5.00. The van der Waals surface area contributed by atoms with E-state index in [1.807, 2.05) is 25.1 Å². The fourth-order valence-corrected chi connectivity index (χ4v) is 3.53. The van der Waals surface area contributed by atoms with Crippen LogP contribution in [0.15, 0.2) is 18.2 Å². The highest BCUT2D eigenvalue weighted by atomic mass is 16.5. The van der Waals surface area contributed by atoms with Gasteiger partial charge in [0.15, 0.2) is 0 Å². The number of carbonyl (C=O) groups is 3. The van der Waals surface area contributed by atoms with Gasteiger partial charge in [-0.1, -0.05) is 13.0 Å². The number of nitrogens with one attached hydrogen (secondary N) is 1. The van der Waals surface area contributed by atoms with Crippen molar-refractivity contribution < 1.29 is 19.1 Å². The third kappa shape index (κ3) is 3.66. The number of methoxy groups -OCH3 is 1. The highest BCUT2D eigenvalue weighted by molar-refractivity contribution is 6.05. The van der Waals surface area contributed by atoms with E-state index in [-0.39, 0.29) is 18.2 Å². The molecule has 7 nitrogen and oxygen atoms in total. The molecule has 1 aromatic carbocycles. The van der Waals surface area contributed by atoms with Crippen molar-refractivity contribution in [3.05, 3.63) is 29.3 Å². The number of rotatable bonds is 5. The van der Waals surface area contributed by atoms with Gasteiger partial charge >= 0.3 is 6.03 Å². The van der Waals surface area contributed by atoms with Crippen molar-refractivity contribution in [3.63, 3.8) is 0 Å². The fraction of sp³-hybridized carbons (Fsp3) is 0.526. The minimum atomic E-state index is -0.743. The molecule has 0 bridgehead atoms. The largest absolute Gasteiger partial charge is 0.497 e. The summed E-state index contributed by atoms with van der Waals surface area (Å²) in [5, 5.41) is 2.63. The van der Waals surface area contributed by atoms with Gasteiger partial charge in [-0.05, 0) is 42.5 Å². The predicted molar refractivity (Wildman–Crippen MR) is 95.9 cm³/mol. The van der Waals surface area contributed by atoms with Gasteiger partial charge in [0.05, 0.1) is 13.5 Å². The fourth-order valence-electron chi connectivity index (χ4n) is 3.53. The molecule has 1 saturated heterocycles. The van der Waals surface area contributed by atoms with E-state index < -0.39 is 12.1 Å². The van der Waals surface area contributed by atoms with Gasteiger partial charge in [-0.15, -0.1) is 0 Å². The molecule has 26 heavy (non-hydrogen) atoms. The second kappa shape index (κ2) is 7.76. The van der Waals surface area contributed by atoms with Gasteiger partial charge < -0.3 is 15.0 Å². The molecular weight excluding hydrogens is 334 g/mol. The summed E-state index contributed by atoms with van der Waals surface area (Å²) in [5.41, 5.74) is 2.42. The summed E-state index contributed by atoms with van der Waals surface area (Å²) in [6.07, 6.45) is 2.25. The first-order valence-electron chi connectivity index (χ1n) is 9.09. The maximum absolute atomic E-state index is 12.7. The molecule has 1 fully saturated rings. The first-order valence-corrected chi connectivity index (χ1v) is 9.09. The molecule has 2 aliphatic heterocycles. The average Bonchev–Trinajstić information content (AvgIpc) is 2.81. The summed E-state index contributed by atoms with van der Waals surface area (Å²) in [6.45, 7) is 3.51. The molecule has 1 atom stereocenters. The van der Waals surface area contributed by atoms with Crippen molar-refractivity contribution in [2.75, 3.05) is 26.7 Å². The molecule has 7 heteroatoms. The smallest absolute Gasteiger partial charge is 0.324 e. The highest BCUT2D eigenvalue weighted by Crippen LogP contribution is 2.22. The monoisotopic (exact) mass is 359 g/mol. The molecule has 0 aromatic heterocycles. The maximum Gasteiger partial charge on any atom is 0.324 e. The van der Waals surface area contributed by atoms with Gasteiger partial charge in [0.2, 0.25) is 5.91 Å². The van der Waals surface area contributed by atoms with Crippen molar-refractivity contribution in [3.8, 4) is 5.75 Å². The zero-order chi connectivity index (χ0) is 18.7. The average molecular weight is 359 g/mol. The van der Waals surface area contributed by atoms with Crippen LogP contribution in [0.1, 0.15) is 30.9 Å². The van der Waals surface area contributed by atoms with E-state index in [0.29, 0.717) is 26.1 Å². The van der Waals surface area contributed by atoms with Crippen LogP contribution < -0.4 is 10.1 Å². The van der Waals surface area contributed by atoms with Crippen molar-refractivity contribution in [1.29, 1.82) is 0 Å². The molecule has 3 rings (SSSR count). The summed E-state index contributed by atoms with van der Waals surface area (Å²) in [6, 6.07) is 4.86. The molecule has 1 unspecified atom stereocenters. The number of amides is 4. The first kappa shape index (κ1) is 18.2. The molecule has 4 amide bonds. The van der Waals surface area contributed by atoms with E-state index >= 15 is 0 Å². The lowest BCUT2D eigenvalue weighted by Gasteiger charge is -2.21. The Morgan fingerprint density at radius 3 is 2.65 bits per heavy atom. The molecule has 0 radical (unpaired) electrons. The van der Waals surface area contributed by atoms with Gasteiger partial charge in [0.1, 0.15) is 11.8 Å². The van der Waals surface area contributed by atoms with Gasteiger partial charge in [-0.3, -0.25) is 14.5 Å². The third-order valence-corrected chi connectivity index (χ3v) is 5.00. The molecule has 0 saturated carbocycles. The van der Waals surface area contributed by atoms with Crippen LogP contribution in [0.2, 0.25) is 0 Å². The van der Waals surface area contributed by atoms with Crippen LogP contribution in [0.4, 0.5) is 4.79 Å². The van der Waals surface area contributed by atoms with E-state index in [9.17, 15) is 14.4 Å². The maximum atomic E-state index is 12.7. The van der Waals surface area contributed by atoms with Crippen LogP contribution in [0.5, 0.6) is 5.75 Å². The molecule has 1 N–H and O–H groups in total. The Kier molecular flexibility index (Phi) is 5.44. The number of ether oxygens (including phenoxy) is 1. The number of fused-ring (bicyclic) bond motifs is 1. The lowest BCUT2D eigenvalue weighted by Crippen LogP contribution is -2.40. The van der Waals surface area contributed by atoms with Gasteiger partial charge in [0, 0.05) is 19.6 Å². The minimum Gasteiger partial charge on any atom is -0.497 e. The summed E-state index contributed by atoms with van der Waals surface area (Å²) >= 11 is 0. The Morgan fingerprint density at radius 2 is 1.96 bits per heavy atom. The van der Waals surface area contributed by atoms with Crippen molar-refractivity contribution >= 4 is 17.8 Å². The quantitative estimate of drug-likeness (QED) is 0.805. The number of carbonyl (C=O) groups excluding carboxylic acids is 3. The number of urea groups is 1. The topological polar surface area (TPSA) is 79.0 Å². The Labute approximate surface area is 153 Å². The van der Waals surface area contributed by atoms with Crippen LogP contribution in [-0.2, 0) is 22.4 Å². The van der Waals surface area contributed by atoms with Crippen molar-refractivity contribution in [2.45, 2.75) is 38.6 Å². The van der Waals surface area contributed by atoms with Crippen LogP contribution in [0.25, 0.3) is 0 Å². The van der Waals surface area contributed by atoms with E-state index in [1.54, 1.807) is 12.0 Å². The van der Waals surface area contributed by atoms with Gasteiger partial charge in [0.25, 0.3) is 5.91 Å². The van der Waals surface area contributed by atoms with Gasteiger partial charge in [-0.2, -0.15) is 0 Å². The summed E-state index contributed by atoms with van der Waals surface area (Å²) in [7, 11) is 1.64. The minimum absolute atomic E-state index is 0.0183. The van der Waals surface area contributed by atoms with Crippen molar-refractivity contribution in [2.24, 2.45) is 0 Å². The number of hydrogen-bond acceptors (Lipinski definition) is 4. The Hall–Kier alpha value is -2.57. The number of hydrogen-bond donors (Lipinski definition) is 1. The Bertz CT molecular complexity index is 719. The standard InChI is InChI=1S/C19H25N3O4/c1-3-8-22-18(24)16(20-19(22)25)12-17(23)21-9-6-13-4-5-15(26-2)11-14(13)7-10-21/h4-5,11,16H,3,6-10,12H2,1-2H3,(H,20,25). The molecule has 2 aliphatic rings. The molecule has 1 aromatic rings. The van der Waals surface area contributed by atoms with Crippen LogP contribution >= 0.6 is 0 Å². The molecule has 0 spiro atoms. The van der Waals surface area contributed by atoms with Crippen LogP contribution in [-0.4, -0.2) is 60.4 Å². The second-order valence-corrected chi connectivity index (χ2v) is 6.71. The first-order chi connectivity index (χ1) is 12.5. The Balaban J connectivity index is 1.61. The zero-order valence-corrected chi connectivity index (χ0v) is 15.3. The molecule has 2 heterocycles. The van der Waals surface area contributed by atoms with Crippen LogP contribution in [0.3, 0.4) is 0 Å². The summed E-state index contributed by atoms with van der Waals surface area (Å²) < 4.78 is 5.27. The van der Waals surface area contributed by atoms with Crippen LogP contribution in [0, 0.1) is 0 Å². The summed E-state index contributed by atoms with van der Waals surface area (Å²) in [4.78, 5) is 39.8. The van der Waals surface area contributed by atoms with E-state index in [2.05, 4.69) is 5.32 Å². The normalized spacial score (nSPS) is 19.8. The Morgan fingerprint density at radius 1 is 1.23 bits per heavy atom. The van der Waals surface area contributed by atoms with Gasteiger partial charge in [-0.25, -0.2) is 4.79 Å². The lowest BCUT2D eigenvalue weighted by atomic mass is 10.0. The summed E-state index contributed by atoms with van der Waals surface area (Å²) in [5.74, 6) is 0.425. The number of imide groups is 1. The second-order valence-electron chi connectivity index (χ2n) is 6.71. The zero-order valence-electron chi connectivity index (χ0n) is 15.3. The molecule has 0 aliphatic carbocycles. The van der Waals surface area contributed by atoms with E-state index in [1.165, 1.54) is 16.0 Å². The molecule has 140 valence electrons. The van der Waals surface area contributed by atoms with E-state index in [0.717, 1.165) is 18.6 Å². The predicted octanol–water partition coefficient (Wildman–Crippen LogP) is 1.34. The number of benzene rings is 1. The lowest BCUT2D eigenvalue weighted by molar-refractivity contribution is -0.135. The number of nitrogens with zero attached hydrogens (tertiary/aromatic N) is 2. The SMILES string of the molecule is CCCN1C(=O)NC(CC(=O)N2CCc3ccc(OC)cc3CC2)C1=O. The highest BCUT2D eigenvalue weighted by Gasteiger charge is 2.39. The van der Waals surface area contributed by atoms with E-state index in [4.69, 9.17) is 4.74 Å².